The van der Waals surface area contributed by atoms with Crippen molar-refractivity contribution in [2.75, 3.05) is 4.90 Å². The zero-order valence-corrected chi connectivity index (χ0v) is 26.3. The molecule has 1 aliphatic heterocycles. The fourth-order valence-electron chi connectivity index (χ4n) is 8.49. The normalized spacial score (nSPS) is 21.4. The predicted octanol–water partition coefficient (Wildman–Crippen LogP) is 10.2. The van der Waals surface area contributed by atoms with E-state index in [4.69, 9.17) is 15.1 Å². The summed E-state index contributed by atoms with van der Waals surface area (Å²) in [5, 5.41) is 2.30. The van der Waals surface area contributed by atoms with E-state index in [0.717, 1.165) is 56.3 Å². The Balaban J connectivity index is 1.10. The van der Waals surface area contributed by atoms with Crippen LogP contribution in [0.3, 0.4) is 0 Å². The number of allylic oxidation sites excluding steroid dienone is 1. The molecule has 1 fully saturated rings. The Kier molecular flexibility index (Phi) is 5.94. The Bertz CT molecular complexity index is 2430. The molecule has 7 aromatic rings. The maximum Gasteiger partial charge on any atom is 0.143 e. The highest BCUT2D eigenvalue weighted by atomic mass is 16.3. The number of fused-ring (bicyclic) bond motifs is 4. The fourth-order valence-corrected chi connectivity index (χ4v) is 8.49. The molecule has 1 aromatic heterocycles. The summed E-state index contributed by atoms with van der Waals surface area (Å²) in [6.07, 6.45) is 5.20. The molecule has 4 nitrogen and oxygen atoms in total. The fraction of sp³-hybridized carbons (Fsp3) is 0.114. The second kappa shape index (κ2) is 10.4. The Labute approximate surface area is 279 Å². The van der Waals surface area contributed by atoms with Crippen LogP contribution in [0, 0.1) is 5.92 Å². The molecule has 3 unspecified atom stereocenters. The summed E-state index contributed by atoms with van der Waals surface area (Å²) in [6.45, 7) is 0. The topological polar surface area (TPSA) is 54.8 Å². The predicted molar refractivity (Wildman–Crippen MR) is 197 cm³/mol. The van der Waals surface area contributed by atoms with Crippen LogP contribution in [0.25, 0.3) is 38.6 Å². The van der Waals surface area contributed by atoms with Crippen molar-refractivity contribution >= 4 is 45.1 Å². The maximum absolute atomic E-state index is 6.48. The third-order valence-corrected chi connectivity index (χ3v) is 10.8. The first-order valence-electron chi connectivity index (χ1n) is 16.7. The van der Waals surface area contributed by atoms with E-state index in [1.807, 2.05) is 42.6 Å². The quantitative estimate of drug-likeness (QED) is 0.189. The molecule has 230 valence electrons. The van der Waals surface area contributed by atoms with Gasteiger partial charge in [0.2, 0.25) is 0 Å². The average Bonchev–Trinajstić information content (AvgIpc) is 3.48. The van der Waals surface area contributed by atoms with Crippen LogP contribution in [-0.2, 0) is 5.41 Å². The van der Waals surface area contributed by atoms with Crippen molar-refractivity contribution < 1.29 is 4.42 Å². The molecule has 2 aliphatic carbocycles. The third kappa shape index (κ3) is 4.03. The minimum absolute atomic E-state index is 0.0736. The number of hydrogen-bond donors (Lipinski definition) is 1. The molecule has 1 spiro atoms. The van der Waals surface area contributed by atoms with E-state index >= 15 is 0 Å². The van der Waals surface area contributed by atoms with E-state index < -0.39 is 6.17 Å². The van der Waals surface area contributed by atoms with Gasteiger partial charge in [0.25, 0.3) is 0 Å². The Morgan fingerprint density at radius 2 is 1.52 bits per heavy atom. The van der Waals surface area contributed by atoms with E-state index in [2.05, 4.69) is 120 Å². The molecule has 2 N–H and O–H groups in total. The van der Waals surface area contributed by atoms with Crippen LogP contribution < -0.4 is 10.6 Å². The van der Waals surface area contributed by atoms with Gasteiger partial charge >= 0.3 is 0 Å². The van der Waals surface area contributed by atoms with Crippen molar-refractivity contribution in [3.63, 3.8) is 0 Å². The van der Waals surface area contributed by atoms with Gasteiger partial charge in [-0.05, 0) is 70.0 Å². The van der Waals surface area contributed by atoms with Crippen molar-refractivity contribution in [2.24, 2.45) is 16.6 Å². The molecule has 2 heterocycles. The number of anilines is 2. The summed E-state index contributed by atoms with van der Waals surface area (Å²) in [4.78, 5) is 7.30. The number of nitrogens with zero attached hydrogens (tertiary/aromatic N) is 2. The van der Waals surface area contributed by atoms with Crippen molar-refractivity contribution in [2.45, 2.75) is 24.0 Å². The molecule has 4 heteroatoms. The molecule has 48 heavy (non-hydrogen) atoms. The van der Waals surface area contributed by atoms with E-state index in [0.29, 0.717) is 5.92 Å². The van der Waals surface area contributed by atoms with Gasteiger partial charge < -0.3 is 15.1 Å². The standard InChI is InChI=1S/C44H33N3O/c45-43(30-14-5-2-6-15-30)46-27-28-11-9-16-32(23-28)47-39-24-31(33-18-10-19-35-34-17-7-8-20-40(34)48-42(33)35)21-22-37(39)44-26-38(44)36(25-41(44)47)29-12-3-1-4-13-29/h1-25,27,38,41,43H,26,45H2/b46-27+/t38?,41?,43?,44-/m0/s1. The molecule has 3 aliphatic rings. The van der Waals surface area contributed by atoms with Crippen LogP contribution in [0.15, 0.2) is 161 Å². The summed E-state index contributed by atoms with van der Waals surface area (Å²) in [5.74, 6) is 0.506. The minimum atomic E-state index is -0.410. The molecule has 0 radical (unpaired) electrons. The third-order valence-electron chi connectivity index (χ3n) is 10.8. The number of hydrogen-bond acceptors (Lipinski definition) is 4. The summed E-state index contributed by atoms with van der Waals surface area (Å²) >= 11 is 0. The van der Waals surface area contributed by atoms with Gasteiger partial charge in [-0.15, -0.1) is 0 Å². The second-order valence-electron chi connectivity index (χ2n) is 13.3. The zero-order valence-electron chi connectivity index (χ0n) is 26.3. The molecule has 4 atom stereocenters. The average molecular weight is 620 g/mol. The van der Waals surface area contributed by atoms with Gasteiger partial charge in [-0.3, -0.25) is 4.99 Å². The molecule has 0 saturated heterocycles. The highest BCUT2D eigenvalue weighted by Gasteiger charge is 2.70. The molecular formula is C44H33N3O. The first-order valence-corrected chi connectivity index (χ1v) is 16.7. The van der Waals surface area contributed by atoms with Crippen LogP contribution >= 0.6 is 0 Å². The Hall–Kier alpha value is -5.71. The van der Waals surface area contributed by atoms with Gasteiger partial charge in [0, 0.05) is 39.3 Å². The van der Waals surface area contributed by atoms with Crippen LogP contribution in [0.2, 0.25) is 0 Å². The number of nitrogens with two attached hydrogens (primary N) is 1. The summed E-state index contributed by atoms with van der Waals surface area (Å²) in [6, 6.07) is 51.8. The van der Waals surface area contributed by atoms with Gasteiger partial charge in [0.05, 0.1) is 6.04 Å². The molecule has 0 bridgehead atoms. The van der Waals surface area contributed by atoms with Crippen molar-refractivity contribution in [3.05, 3.63) is 174 Å². The SMILES string of the molecule is NC(/N=C/c1cccc(N2c3cc(-c4cccc5c4oc4ccccc45)ccc3[C@@]34CC3C(c3ccccc3)=CC24)c1)c1ccccc1. The van der Waals surface area contributed by atoms with Crippen molar-refractivity contribution in [3.8, 4) is 11.1 Å². The number of furan rings is 1. The lowest BCUT2D eigenvalue weighted by atomic mass is 9.90. The van der Waals surface area contributed by atoms with Crippen LogP contribution in [-0.4, -0.2) is 12.3 Å². The van der Waals surface area contributed by atoms with Gasteiger partial charge in [-0.25, -0.2) is 0 Å². The largest absolute Gasteiger partial charge is 0.455 e. The minimum Gasteiger partial charge on any atom is -0.455 e. The molecule has 6 aromatic carbocycles. The Morgan fingerprint density at radius 1 is 0.750 bits per heavy atom. The molecular weight excluding hydrogens is 587 g/mol. The molecule has 0 amide bonds. The number of rotatable bonds is 6. The highest BCUT2D eigenvalue weighted by Crippen LogP contribution is 2.73. The highest BCUT2D eigenvalue weighted by molar-refractivity contribution is 6.09. The monoisotopic (exact) mass is 619 g/mol. The lowest BCUT2D eigenvalue weighted by Gasteiger charge is -2.28. The van der Waals surface area contributed by atoms with Crippen LogP contribution in [0.5, 0.6) is 0 Å². The van der Waals surface area contributed by atoms with E-state index in [9.17, 15) is 0 Å². The van der Waals surface area contributed by atoms with Gasteiger partial charge in [-0.2, -0.15) is 0 Å². The van der Waals surface area contributed by atoms with Gasteiger partial charge in [0.1, 0.15) is 17.3 Å². The number of benzene rings is 6. The number of para-hydroxylation sites is 2. The van der Waals surface area contributed by atoms with Crippen LogP contribution in [0.1, 0.15) is 34.8 Å². The summed E-state index contributed by atoms with van der Waals surface area (Å²) in [7, 11) is 0. The van der Waals surface area contributed by atoms with Crippen molar-refractivity contribution in [1.29, 1.82) is 0 Å². The van der Waals surface area contributed by atoms with E-state index in [1.54, 1.807) is 0 Å². The van der Waals surface area contributed by atoms with Crippen LogP contribution in [0.4, 0.5) is 11.4 Å². The zero-order chi connectivity index (χ0) is 31.8. The number of aliphatic imine (C=N–C) groups is 1. The summed E-state index contributed by atoms with van der Waals surface area (Å²) in [5.41, 5.74) is 19.3. The van der Waals surface area contributed by atoms with Gasteiger partial charge in [-0.1, -0.05) is 127 Å². The first-order chi connectivity index (χ1) is 23.7. The van der Waals surface area contributed by atoms with Crippen molar-refractivity contribution in [1.82, 2.24) is 0 Å². The smallest absolute Gasteiger partial charge is 0.143 e. The van der Waals surface area contributed by atoms with Gasteiger partial charge in [0.15, 0.2) is 0 Å². The lowest BCUT2D eigenvalue weighted by Crippen LogP contribution is -2.31. The van der Waals surface area contributed by atoms with E-state index in [1.165, 1.54) is 22.4 Å². The second-order valence-corrected chi connectivity index (χ2v) is 13.3. The first kappa shape index (κ1) is 27.4. The molecule has 10 rings (SSSR count). The van der Waals surface area contributed by atoms with E-state index in [-0.39, 0.29) is 11.5 Å². The molecule has 1 saturated carbocycles. The lowest BCUT2D eigenvalue weighted by molar-refractivity contribution is 0.636. The summed E-state index contributed by atoms with van der Waals surface area (Å²) < 4.78 is 6.48. The maximum atomic E-state index is 6.48. The Morgan fingerprint density at radius 3 is 2.40 bits per heavy atom.